The maximum absolute atomic E-state index is 10.3. The van der Waals surface area contributed by atoms with E-state index >= 15 is 0 Å². The maximum atomic E-state index is 10.3. The van der Waals surface area contributed by atoms with Gasteiger partial charge in [-0.3, -0.25) is 14.8 Å². The van der Waals surface area contributed by atoms with Crippen LogP contribution in [0.2, 0.25) is 0 Å². The molecule has 0 aromatic heterocycles. The number of hydrogen-bond donors (Lipinski definition) is 3. The predicted molar refractivity (Wildman–Crippen MR) is 46.2 cm³/mol. The largest absolute Gasteiger partial charge is 0.480 e. The molecular formula is C7H16N2O4. The number of hydroxylamine groups is 2. The fourth-order valence-corrected chi connectivity index (χ4v) is 0.322. The molecule has 0 aromatic rings. The van der Waals surface area contributed by atoms with Crippen molar-refractivity contribution in [2.45, 2.75) is 20.3 Å². The first-order chi connectivity index (χ1) is 5.99. The van der Waals surface area contributed by atoms with Gasteiger partial charge in [0.1, 0.15) is 6.54 Å². The van der Waals surface area contributed by atoms with Crippen molar-refractivity contribution >= 4 is 11.9 Å². The third-order valence-corrected chi connectivity index (χ3v) is 0.748. The Morgan fingerprint density at radius 1 is 1.38 bits per heavy atom. The second-order valence-electron chi connectivity index (χ2n) is 2.26. The lowest BCUT2D eigenvalue weighted by Gasteiger charge is -2.09. The van der Waals surface area contributed by atoms with Gasteiger partial charge in [-0.05, 0) is 0 Å². The minimum Gasteiger partial charge on any atom is -0.480 e. The standard InChI is InChI=1S/C4H8N2O4.C3H8/c5-1-3(7)6(10)2-4(8)9;1-3-2/h10H,1-2,5H2,(H,8,9);3H2,1-2H3. The number of rotatable bonds is 3. The molecule has 1 amide bonds. The molecule has 0 saturated heterocycles. The fraction of sp³-hybridized carbons (Fsp3) is 0.714. The average Bonchev–Trinajstić information content (AvgIpc) is 2.03. The Balaban J connectivity index is 0. The van der Waals surface area contributed by atoms with Crippen LogP contribution >= 0.6 is 0 Å². The van der Waals surface area contributed by atoms with Crippen LogP contribution in [0.4, 0.5) is 0 Å². The van der Waals surface area contributed by atoms with Gasteiger partial charge >= 0.3 is 5.97 Å². The lowest BCUT2D eigenvalue weighted by Crippen LogP contribution is -2.36. The Hall–Kier alpha value is -1.14. The molecule has 0 unspecified atom stereocenters. The first-order valence-corrected chi connectivity index (χ1v) is 3.90. The van der Waals surface area contributed by atoms with Gasteiger partial charge in [-0.15, -0.1) is 0 Å². The van der Waals surface area contributed by atoms with Crippen molar-refractivity contribution in [3.63, 3.8) is 0 Å². The van der Waals surface area contributed by atoms with E-state index in [1.54, 1.807) is 0 Å². The van der Waals surface area contributed by atoms with Crippen LogP contribution in [0.5, 0.6) is 0 Å². The topological polar surface area (TPSA) is 104 Å². The molecule has 0 spiro atoms. The molecule has 0 aliphatic heterocycles. The molecule has 4 N–H and O–H groups in total. The number of nitrogens with zero attached hydrogens (tertiary/aromatic N) is 1. The lowest BCUT2D eigenvalue weighted by molar-refractivity contribution is -0.172. The molecule has 0 rings (SSSR count). The number of hydrogen-bond acceptors (Lipinski definition) is 4. The van der Waals surface area contributed by atoms with Crippen molar-refractivity contribution in [2.24, 2.45) is 5.73 Å². The fourth-order valence-electron chi connectivity index (χ4n) is 0.322. The molecule has 0 aromatic carbocycles. The van der Waals surface area contributed by atoms with Crippen LogP contribution in [0.25, 0.3) is 0 Å². The summed E-state index contributed by atoms with van der Waals surface area (Å²) in [7, 11) is 0. The van der Waals surface area contributed by atoms with Crippen LogP contribution in [-0.2, 0) is 9.59 Å². The van der Waals surface area contributed by atoms with Crippen LogP contribution in [0.15, 0.2) is 0 Å². The second-order valence-corrected chi connectivity index (χ2v) is 2.26. The molecule has 6 nitrogen and oxygen atoms in total. The summed E-state index contributed by atoms with van der Waals surface area (Å²) in [4.78, 5) is 20.2. The molecule has 0 heterocycles. The van der Waals surface area contributed by atoms with Gasteiger partial charge in [-0.25, -0.2) is 5.06 Å². The zero-order valence-corrected chi connectivity index (χ0v) is 7.86. The van der Waals surface area contributed by atoms with Crippen molar-refractivity contribution in [3.8, 4) is 0 Å². The normalized spacial score (nSPS) is 8.31. The summed E-state index contributed by atoms with van der Waals surface area (Å²) in [5.74, 6) is -2.10. The number of aliphatic carboxylic acids is 1. The smallest absolute Gasteiger partial charge is 0.325 e. The van der Waals surface area contributed by atoms with Crippen LogP contribution in [0.3, 0.4) is 0 Å². The molecule has 6 heteroatoms. The molecule has 13 heavy (non-hydrogen) atoms. The van der Waals surface area contributed by atoms with Gasteiger partial charge < -0.3 is 10.8 Å². The van der Waals surface area contributed by atoms with E-state index in [2.05, 4.69) is 13.8 Å². The van der Waals surface area contributed by atoms with E-state index in [0.717, 1.165) is 0 Å². The summed E-state index contributed by atoms with van der Waals surface area (Å²) >= 11 is 0. The molecule has 0 fully saturated rings. The number of carboxylic acids is 1. The van der Waals surface area contributed by atoms with E-state index in [4.69, 9.17) is 16.0 Å². The first kappa shape index (κ1) is 14.4. The molecular weight excluding hydrogens is 176 g/mol. The summed E-state index contributed by atoms with van der Waals surface area (Å²) in [6, 6.07) is 0. The third kappa shape index (κ3) is 10.9. The SMILES string of the molecule is CCC.NCC(=O)N(O)CC(=O)O. The molecule has 0 aliphatic rings. The summed E-state index contributed by atoms with van der Waals surface area (Å²) in [6.07, 6.45) is 1.25. The van der Waals surface area contributed by atoms with Crippen molar-refractivity contribution < 1.29 is 19.9 Å². The molecule has 0 saturated carbocycles. The average molecular weight is 192 g/mol. The Kier molecular flexibility index (Phi) is 9.91. The van der Waals surface area contributed by atoms with E-state index < -0.39 is 25.0 Å². The zero-order valence-electron chi connectivity index (χ0n) is 7.86. The highest BCUT2D eigenvalue weighted by atomic mass is 16.5. The maximum Gasteiger partial charge on any atom is 0.325 e. The lowest BCUT2D eigenvalue weighted by atomic mass is 10.5. The highest BCUT2D eigenvalue weighted by Crippen LogP contribution is 1.80. The van der Waals surface area contributed by atoms with Crippen molar-refractivity contribution in [1.82, 2.24) is 5.06 Å². The van der Waals surface area contributed by atoms with Gasteiger partial charge in [0.2, 0.25) is 0 Å². The van der Waals surface area contributed by atoms with Gasteiger partial charge in [0.15, 0.2) is 0 Å². The van der Waals surface area contributed by atoms with Gasteiger partial charge in [-0.2, -0.15) is 0 Å². The summed E-state index contributed by atoms with van der Waals surface area (Å²) in [5, 5.41) is 16.6. The van der Waals surface area contributed by atoms with Crippen molar-refractivity contribution in [2.75, 3.05) is 13.1 Å². The van der Waals surface area contributed by atoms with Gasteiger partial charge in [-0.1, -0.05) is 20.3 Å². The zero-order chi connectivity index (χ0) is 10.9. The third-order valence-electron chi connectivity index (χ3n) is 0.748. The Bertz CT molecular complexity index is 161. The summed E-state index contributed by atoms with van der Waals surface area (Å²) in [6.45, 7) is 3.11. The van der Waals surface area contributed by atoms with E-state index in [0.29, 0.717) is 0 Å². The van der Waals surface area contributed by atoms with Gasteiger partial charge in [0, 0.05) is 0 Å². The molecule has 0 radical (unpaired) electrons. The summed E-state index contributed by atoms with van der Waals surface area (Å²) in [5.41, 5.74) is 4.80. The number of amides is 1. The minimum absolute atomic E-state index is 0.0579. The van der Waals surface area contributed by atoms with Crippen LogP contribution in [0, 0.1) is 0 Å². The Morgan fingerprint density at radius 3 is 2.00 bits per heavy atom. The van der Waals surface area contributed by atoms with Crippen molar-refractivity contribution in [1.29, 1.82) is 0 Å². The summed E-state index contributed by atoms with van der Waals surface area (Å²) < 4.78 is 0. The van der Waals surface area contributed by atoms with Crippen molar-refractivity contribution in [3.05, 3.63) is 0 Å². The van der Waals surface area contributed by atoms with E-state index in [1.807, 2.05) is 0 Å². The number of carbonyl (C=O) groups excluding carboxylic acids is 1. The number of nitrogens with two attached hydrogens (primary N) is 1. The Morgan fingerprint density at radius 2 is 1.77 bits per heavy atom. The number of carboxylic acid groups (broad SMARTS) is 1. The molecule has 0 bridgehead atoms. The van der Waals surface area contributed by atoms with E-state index in [1.165, 1.54) is 6.42 Å². The second kappa shape index (κ2) is 8.95. The quantitative estimate of drug-likeness (QED) is 0.419. The highest BCUT2D eigenvalue weighted by molar-refractivity contribution is 5.81. The van der Waals surface area contributed by atoms with Gasteiger partial charge in [0.25, 0.3) is 5.91 Å². The Labute approximate surface area is 76.9 Å². The van der Waals surface area contributed by atoms with Crippen LogP contribution in [0.1, 0.15) is 20.3 Å². The van der Waals surface area contributed by atoms with Crippen LogP contribution in [-0.4, -0.2) is 40.3 Å². The molecule has 0 atom stereocenters. The van der Waals surface area contributed by atoms with Gasteiger partial charge in [0.05, 0.1) is 6.54 Å². The molecule has 78 valence electrons. The highest BCUT2D eigenvalue weighted by Gasteiger charge is 2.11. The number of carbonyl (C=O) groups is 2. The van der Waals surface area contributed by atoms with Crippen LogP contribution < -0.4 is 5.73 Å². The molecule has 0 aliphatic carbocycles. The van der Waals surface area contributed by atoms with E-state index in [9.17, 15) is 9.59 Å². The predicted octanol–water partition coefficient (Wildman–Crippen LogP) is -0.336. The minimum atomic E-state index is -1.29. The first-order valence-electron chi connectivity index (χ1n) is 3.90. The van der Waals surface area contributed by atoms with E-state index in [-0.39, 0.29) is 5.06 Å². The monoisotopic (exact) mass is 192 g/mol.